The first-order chi connectivity index (χ1) is 8.55. The molecule has 1 aliphatic rings. The normalized spacial score (nSPS) is 30.0. The SMILES string of the molecule is CCNC1(CO)CCCC1CCOC(C)C(C)C. The fourth-order valence-electron chi connectivity index (χ4n) is 3.00. The molecule has 0 spiro atoms. The van der Waals surface area contributed by atoms with Gasteiger partial charge in [0, 0.05) is 12.1 Å². The summed E-state index contributed by atoms with van der Waals surface area (Å²) in [6, 6.07) is 0. The van der Waals surface area contributed by atoms with E-state index in [4.69, 9.17) is 4.74 Å². The van der Waals surface area contributed by atoms with Gasteiger partial charge in [0.15, 0.2) is 0 Å². The fourth-order valence-corrected chi connectivity index (χ4v) is 3.00. The van der Waals surface area contributed by atoms with Crippen LogP contribution in [0.1, 0.15) is 53.4 Å². The predicted molar refractivity (Wildman–Crippen MR) is 75.7 cm³/mol. The maximum Gasteiger partial charge on any atom is 0.0616 e. The summed E-state index contributed by atoms with van der Waals surface area (Å²) in [5.41, 5.74) is -0.0425. The molecule has 1 rings (SSSR count). The summed E-state index contributed by atoms with van der Waals surface area (Å²) in [7, 11) is 0. The summed E-state index contributed by atoms with van der Waals surface area (Å²) in [4.78, 5) is 0. The number of likely N-dealkylation sites (N-methyl/N-ethyl adjacent to an activating group) is 1. The van der Waals surface area contributed by atoms with Gasteiger partial charge >= 0.3 is 0 Å². The van der Waals surface area contributed by atoms with Crippen molar-refractivity contribution in [2.45, 2.75) is 65.0 Å². The minimum Gasteiger partial charge on any atom is -0.394 e. The first kappa shape index (κ1) is 15.9. The van der Waals surface area contributed by atoms with Gasteiger partial charge in [-0.1, -0.05) is 27.2 Å². The largest absolute Gasteiger partial charge is 0.394 e. The van der Waals surface area contributed by atoms with Crippen molar-refractivity contribution in [2.75, 3.05) is 19.8 Å². The number of hydrogen-bond acceptors (Lipinski definition) is 3. The van der Waals surface area contributed by atoms with Gasteiger partial charge in [0.25, 0.3) is 0 Å². The van der Waals surface area contributed by atoms with E-state index in [2.05, 4.69) is 33.0 Å². The molecule has 0 radical (unpaired) electrons. The Labute approximate surface area is 112 Å². The molecule has 18 heavy (non-hydrogen) atoms. The Kier molecular flexibility index (Phi) is 6.61. The van der Waals surface area contributed by atoms with Crippen molar-refractivity contribution in [1.82, 2.24) is 5.32 Å². The molecule has 2 N–H and O–H groups in total. The second-order valence-corrected chi connectivity index (χ2v) is 6.04. The lowest BCUT2D eigenvalue weighted by atomic mass is 9.85. The maximum absolute atomic E-state index is 9.71. The average Bonchev–Trinajstić information content (AvgIpc) is 2.73. The van der Waals surface area contributed by atoms with Crippen LogP contribution in [0, 0.1) is 11.8 Å². The van der Waals surface area contributed by atoms with Crippen molar-refractivity contribution in [3.63, 3.8) is 0 Å². The molecule has 0 bridgehead atoms. The molecule has 0 aromatic heterocycles. The third-order valence-corrected chi connectivity index (χ3v) is 4.55. The zero-order chi connectivity index (χ0) is 13.6. The maximum atomic E-state index is 9.71. The van der Waals surface area contributed by atoms with E-state index in [1.54, 1.807) is 0 Å². The van der Waals surface area contributed by atoms with Crippen LogP contribution in [0.2, 0.25) is 0 Å². The van der Waals surface area contributed by atoms with Crippen LogP contribution in [-0.2, 0) is 4.74 Å². The van der Waals surface area contributed by atoms with Gasteiger partial charge < -0.3 is 15.2 Å². The Hall–Kier alpha value is -0.120. The minimum absolute atomic E-state index is 0.0425. The zero-order valence-corrected chi connectivity index (χ0v) is 12.5. The summed E-state index contributed by atoms with van der Waals surface area (Å²) in [6.07, 6.45) is 4.92. The predicted octanol–water partition coefficient (Wildman–Crippen LogP) is 2.58. The lowest BCUT2D eigenvalue weighted by molar-refractivity contribution is 0.0175. The Morgan fingerprint density at radius 3 is 2.67 bits per heavy atom. The number of aliphatic hydroxyl groups is 1. The van der Waals surface area contributed by atoms with E-state index in [1.807, 2.05) is 0 Å². The zero-order valence-electron chi connectivity index (χ0n) is 12.5. The molecule has 3 heteroatoms. The molecule has 1 aliphatic carbocycles. The monoisotopic (exact) mass is 257 g/mol. The summed E-state index contributed by atoms with van der Waals surface area (Å²) >= 11 is 0. The Morgan fingerprint density at radius 1 is 1.39 bits per heavy atom. The molecule has 3 atom stereocenters. The van der Waals surface area contributed by atoms with Gasteiger partial charge in [-0.2, -0.15) is 0 Å². The van der Waals surface area contributed by atoms with Crippen molar-refractivity contribution in [3.8, 4) is 0 Å². The molecule has 3 unspecified atom stereocenters. The first-order valence-electron chi connectivity index (χ1n) is 7.53. The Balaban J connectivity index is 2.40. The van der Waals surface area contributed by atoms with Gasteiger partial charge in [-0.15, -0.1) is 0 Å². The van der Waals surface area contributed by atoms with Crippen LogP contribution in [0.3, 0.4) is 0 Å². The van der Waals surface area contributed by atoms with Gasteiger partial charge in [-0.3, -0.25) is 0 Å². The van der Waals surface area contributed by atoms with Crippen LogP contribution in [0.15, 0.2) is 0 Å². The standard InChI is InChI=1S/C15H31NO2/c1-5-16-15(11-17)9-6-7-14(15)8-10-18-13(4)12(2)3/h12-14,16-17H,5-11H2,1-4H3. The van der Waals surface area contributed by atoms with Crippen molar-refractivity contribution >= 4 is 0 Å². The molecule has 3 nitrogen and oxygen atoms in total. The van der Waals surface area contributed by atoms with Crippen molar-refractivity contribution in [1.29, 1.82) is 0 Å². The molecular formula is C15H31NO2. The molecule has 1 fully saturated rings. The van der Waals surface area contributed by atoms with Gasteiger partial charge in [-0.05, 0) is 44.6 Å². The molecule has 0 aromatic rings. The number of nitrogens with one attached hydrogen (secondary N) is 1. The highest BCUT2D eigenvalue weighted by Gasteiger charge is 2.41. The molecule has 0 saturated heterocycles. The van der Waals surface area contributed by atoms with Gasteiger partial charge in [-0.25, -0.2) is 0 Å². The highest BCUT2D eigenvalue weighted by Crippen LogP contribution is 2.37. The van der Waals surface area contributed by atoms with Crippen LogP contribution in [0.5, 0.6) is 0 Å². The van der Waals surface area contributed by atoms with Crippen LogP contribution >= 0.6 is 0 Å². The second kappa shape index (κ2) is 7.46. The van der Waals surface area contributed by atoms with Crippen LogP contribution in [0.25, 0.3) is 0 Å². The smallest absolute Gasteiger partial charge is 0.0616 e. The summed E-state index contributed by atoms with van der Waals surface area (Å²) < 4.78 is 5.87. The third-order valence-electron chi connectivity index (χ3n) is 4.55. The van der Waals surface area contributed by atoms with Gasteiger partial charge in [0.05, 0.1) is 12.7 Å². The minimum atomic E-state index is -0.0425. The molecule has 0 aliphatic heterocycles. The second-order valence-electron chi connectivity index (χ2n) is 6.04. The van der Waals surface area contributed by atoms with Crippen molar-refractivity contribution < 1.29 is 9.84 Å². The molecule has 1 saturated carbocycles. The quantitative estimate of drug-likeness (QED) is 0.702. The summed E-state index contributed by atoms with van der Waals surface area (Å²) in [6.45, 7) is 10.6. The van der Waals surface area contributed by atoms with E-state index in [1.165, 1.54) is 12.8 Å². The van der Waals surface area contributed by atoms with Crippen LogP contribution in [-0.4, -0.2) is 36.5 Å². The highest BCUT2D eigenvalue weighted by molar-refractivity contribution is 4.98. The topological polar surface area (TPSA) is 41.5 Å². The van der Waals surface area contributed by atoms with E-state index >= 15 is 0 Å². The highest BCUT2D eigenvalue weighted by atomic mass is 16.5. The van der Waals surface area contributed by atoms with E-state index in [9.17, 15) is 5.11 Å². The van der Waals surface area contributed by atoms with E-state index < -0.39 is 0 Å². The van der Waals surface area contributed by atoms with Crippen molar-refractivity contribution in [3.05, 3.63) is 0 Å². The number of rotatable bonds is 8. The van der Waals surface area contributed by atoms with Gasteiger partial charge in [0.1, 0.15) is 0 Å². The Morgan fingerprint density at radius 2 is 2.11 bits per heavy atom. The fraction of sp³-hybridized carbons (Fsp3) is 1.00. The molecule has 0 heterocycles. The van der Waals surface area contributed by atoms with Gasteiger partial charge in [0.2, 0.25) is 0 Å². The Bertz CT molecular complexity index is 233. The third kappa shape index (κ3) is 3.94. The molecule has 0 aromatic carbocycles. The lowest BCUT2D eigenvalue weighted by Crippen LogP contribution is -2.51. The number of hydrogen-bond donors (Lipinski definition) is 2. The van der Waals surface area contributed by atoms with Crippen LogP contribution in [0.4, 0.5) is 0 Å². The molecule has 108 valence electrons. The molecule has 0 amide bonds. The van der Waals surface area contributed by atoms with Crippen LogP contribution < -0.4 is 5.32 Å². The molecular weight excluding hydrogens is 226 g/mol. The lowest BCUT2D eigenvalue weighted by Gasteiger charge is -2.35. The summed E-state index contributed by atoms with van der Waals surface area (Å²) in [5.74, 6) is 1.13. The van der Waals surface area contributed by atoms with E-state index in [-0.39, 0.29) is 12.1 Å². The van der Waals surface area contributed by atoms with Crippen molar-refractivity contribution in [2.24, 2.45) is 11.8 Å². The number of aliphatic hydroxyl groups excluding tert-OH is 1. The number of ether oxygens (including phenoxy) is 1. The van der Waals surface area contributed by atoms with E-state index in [0.717, 1.165) is 26.0 Å². The summed E-state index contributed by atoms with van der Waals surface area (Å²) in [5, 5.41) is 13.2. The average molecular weight is 257 g/mol. The van der Waals surface area contributed by atoms with E-state index in [0.29, 0.717) is 17.9 Å². The first-order valence-corrected chi connectivity index (χ1v) is 7.53.